The summed E-state index contributed by atoms with van der Waals surface area (Å²) < 4.78 is 0. The molecular weight excluding hydrogens is 260 g/mol. The summed E-state index contributed by atoms with van der Waals surface area (Å²) >= 11 is 0. The molecule has 0 aliphatic carbocycles. The van der Waals surface area contributed by atoms with Gasteiger partial charge in [-0.1, -0.05) is 30.3 Å². The van der Waals surface area contributed by atoms with E-state index in [0.717, 1.165) is 43.5 Å². The second kappa shape index (κ2) is 6.57. The number of hydrogen-bond acceptors (Lipinski definition) is 4. The van der Waals surface area contributed by atoms with E-state index in [9.17, 15) is 0 Å². The zero-order chi connectivity index (χ0) is 14.5. The lowest BCUT2D eigenvalue weighted by Crippen LogP contribution is -2.21. The van der Waals surface area contributed by atoms with Gasteiger partial charge in [0.05, 0.1) is 0 Å². The molecule has 2 heterocycles. The number of aromatic nitrogens is 2. The molecule has 0 radical (unpaired) electrons. The predicted molar refractivity (Wildman–Crippen MR) is 86.9 cm³/mol. The van der Waals surface area contributed by atoms with E-state index in [2.05, 4.69) is 44.5 Å². The van der Waals surface area contributed by atoms with E-state index in [1.54, 1.807) is 0 Å². The first-order valence-corrected chi connectivity index (χ1v) is 7.70. The van der Waals surface area contributed by atoms with Crippen molar-refractivity contribution < 1.29 is 0 Å². The van der Waals surface area contributed by atoms with Crippen molar-refractivity contribution in [2.75, 3.05) is 29.9 Å². The maximum atomic E-state index is 4.65. The van der Waals surface area contributed by atoms with Gasteiger partial charge < -0.3 is 10.2 Å². The Morgan fingerprint density at radius 3 is 2.62 bits per heavy atom. The Kier molecular flexibility index (Phi) is 4.34. The third-order valence-corrected chi connectivity index (χ3v) is 3.79. The van der Waals surface area contributed by atoms with Crippen molar-refractivity contribution in [2.45, 2.75) is 26.2 Å². The fraction of sp³-hybridized carbons (Fsp3) is 0.412. The fourth-order valence-corrected chi connectivity index (χ4v) is 2.68. The van der Waals surface area contributed by atoms with Gasteiger partial charge in [0.25, 0.3) is 0 Å². The van der Waals surface area contributed by atoms with Gasteiger partial charge in [-0.15, -0.1) is 0 Å². The average Bonchev–Trinajstić information content (AvgIpc) is 3.02. The molecular formula is C17H22N4. The van der Waals surface area contributed by atoms with Crippen LogP contribution in [0.2, 0.25) is 0 Å². The van der Waals surface area contributed by atoms with E-state index in [1.807, 2.05) is 19.1 Å². The van der Waals surface area contributed by atoms with Gasteiger partial charge in [0.1, 0.15) is 5.82 Å². The van der Waals surface area contributed by atoms with E-state index >= 15 is 0 Å². The standard InChI is InChI=1S/C17H22N4/c1-14-13-16(18-10-9-15-7-3-2-4-8-15)20-17(19-14)21-11-5-6-12-21/h2-4,7-8,13H,5-6,9-12H2,1H3,(H,18,19,20). The highest BCUT2D eigenvalue weighted by molar-refractivity contribution is 5.44. The smallest absolute Gasteiger partial charge is 0.227 e. The predicted octanol–water partition coefficient (Wildman–Crippen LogP) is 3.04. The molecule has 1 aliphatic heterocycles. The number of rotatable bonds is 5. The van der Waals surface area contributed by atoms with Crippen LogP contribution in [0, 0.1) is 6.92 Å². The number of aryl methyl sites for hydroxylation is 1. The van der Waals surface area contributed by atoms with Crippen LogP contribution >= 0.6 is 0 Å². The lowest BCUT2D eigenvalue weighted by Gasteiger charge is -2.17. The van der Waals surface area contributed by atoms with Crippen molar-refractivity contribution in [1.29, 1.82) is 0 Å². The minimum absolute atomic E-state index is 0.870. The molecule has 4 nitrogen and oxygen atoms in total. The van der Waals surface area contributed by atoms with Gasteiger partial charge in [-0.2, -0.15) is 4.98 Å². The van der Waals surface area contributed by atoms with Gasteiger partial charge in [-0.05, 0) is 31.7 Å². The first-order valence-electron chi connectivity index (χ1n) is 7.70. The molecule has 4 heteroatoms. The van der Waals surface area contributed by atoms with E-state index in [1.165, 1.54) is 18.4 Å². The molecule has 1 N–H and O–H groups in total. The third-order valence-electron chi connectivity index (χ3n) is 3.79. The van der Waals surface area contributed by atoms with Gasteiger partial charge in [0, 0.05) is 31.4 Å². The van der Waals surface area contributed by atoms with E-state index in [0.29, 0.717) is 0 Å². The van der Waals surface area contributed by atoms with Crippen LogP contribution in [-0.4, -0.2) is 29.6 Å². The monoisotopic (exact) mass is 282 g/mol. The first kappa shape index (κ1) is 13.9. The molecule has 0 amide bonds. The Hall–Kier alpha value is -2.10. The summed E-state index contributed by atoms with van der Waals surface area (Å²) in [7, 11) is 0. The molecule has 0 atom stereocenters. The Balaban J connectivity index is 1.62. The SMILES string of the molecule is Cc1cc(NCCc2ccccc2)nc(N2CCCC2)n1. The van der Waals surface area contributed by atoms with Crippen molar-refractivity contribution in [1.82, 2.24) is 9.97 Å². The lowest BCUT2D eigenvalue weighted by molar-refractivity contribution is 0.885. The molecule has 1 aromatic carbocycles. The Bertz CT molecular complexity index is 577. The minimum atomic E-state index is 0.870. The fourth-order valence-electron chi connectivity index (χ4n) is 2.68. The first-order chi connectivity index (χ1) is 10.3. The van der Waals surface area contributed by atoms with Crippen molar-refractivity contribution in [3.8, 4) is 0 Å². The summed E-state index contributed by atoms with van der Waals surface area (Å²) in [5, 5.41) is 3.42. The molecule has 0 bridgehead atoms. The Morgan fingerprint density at radius 2 is 1.86 bits per heavy atom. The number of benzene rings is 1. The second-order valence-corrected chi connectivity index (χ2v) is 5.55. The quantitative estimate of drug-likeness (QED) is 0.915. The summed E-state index contributed by atoms with van der Waals surface area (Å²) in [4.78, 5) is 11.5. The van der Waals surface area contributed by atoms with E-state index in [4.69, 9.17) is 0 Å². The second-order valence-electron chi connectivity index (χ2n) is 5.55. The molecule has 0 saturated carbocycles. The summed E-state index contributed by atoms with van der Waals surface area (Å²) in [5.74, 6) is 1.80. The normalized spacial score (nSPS) is 14.4. The third kappa shape index (κ3) is 3.72. The van der Waals surface area contributed by atoms with Gasteiger partial charge in [-0.25, -0.2) is 4.98 Å². The van der Waals surface area contributed by atoms with Crippen molar-refractivity contribution >= 4 is 11.8 Å². The molecule has 1 fully saturated rings. The maximum absolute atomic E-state index is 4.65. The molecule has 2 aromatic rings. The van der Waals surface area contributed by atoms with Crippen LogP contribution < -0.4 is 10.2 Å². The number of anilines is 2. The zero-order valence-corrected chi connectivity index (χ0v) is 12.5. The topological polar surface area (TPSA) is 41.1 Å². The highest BCUT2D eigenvalue weighted by atomic mass is 15.3. The largest absolute Gasteiger partial charge is 0.370 e. The van der Waals surface area contributed by atoms with Crippen LogP contribution in [0.25, 0.3) is 0 Å². The molecule has 1 aromatic heterocycles. The summed E-state index contributed by atoms with van der Waals surface area (Å²) in [6.45, 7) is 5.07. The molecule has 1 saturated heterocycles. The Labute approximate surface area is 126 Å². The highest BCUT2D eigenvalue weighted by Crippen LogP contribution is 2.18. The van der Waals surface area contributed by atoms with Crippen LogP contribution in [-0.2, 0) is 6.42 Å². The van der Waals surface area contributed by atoms with Crippen molar-refractivity contribution in [2.24, 2.45) is 0 Å². The number of nitrogens with zero attached hydrogens (tertiary/aromatic N) is 3. The van der Waals surface area contributed by atoms with Gasteiger partial charge in [-0.3, -0.25) is 0 Å². The maximum Gasteiger partial charge on any atom is 0.227 e. The molecule has 1 aliphatic rings. The van der Waals surface area contributed by atoms with Crippen LogP contribution in [0.4, 0.5) is 11.8 Å². The van der Waals surface area contributed by atoms with Crippen LogP contribution in [0.15, 0.2) is 36.4 Å². The van der Waals surface area contributed by atoms with E-state index in [-0.39, 0.29) is 0 Å². The summed E-state index contributed by atoms with van der Waals surface area (Å²) in [6.07, 6.45) is 3.49. The molecule has 0 unspecified atom stereocenters. The zero-order valence-electron chi connectivity index (χ0n) is 12.5. The Morgan fingerprint density at radius 1 is 1.10 bits per heavy atom. The van der Waals surface area contributed by atoms with Crippen molar-refractivity contribution in [3.63, 3.8) is 0 Å². The minimum Gasteiger partial charge on any atom is -0.370 e. The van der Waals surface area contributed by atoms with Crippen LogP contribution in [0.3, 0.4) is 0 Å². The highest BCUT2D eigenvalue weighted by Gasteiger charge is 2.15. The average molecular weight is 282 g/mol. The number of nitrogens with one attached hydrogen (secondary N) is 1. The van der Waals surface area contributed by atoms with Crippen LogP contribution in [0.1, 0.15) is 24.1 Å². The lowest BCUT2D eigenvalue weighted by atomic mass is 10.1. The summed E-state index contributed by atoms with van der Waals surface area (Å²) in [6, 6.07) is 12.5. The molecule has 0 spiro atoms. The van der Waals surface area contributed by atoms with Gasteiger partial charge in [0.2, 0.25) is 5.95 Å². The molecule has 3 rings (SSSR count). The number of hydrogen-bond donors (Lipinski definition) is 1. The molecule has 110 valence electrons. The van der Waals surface area contributed by atoms with E-state index < -0.39 is 0 Å². The van der Waals surface area contributed by atoms with Gasteiger partial charge in [0.15, 0.2) is 0 Å². The van der Waals surface area contributed by atoms with Gasteiger partial charge >= 0.3 is 0 Å². The van der Waals surface area contributed by atoms with Crippen LogP contribution in [0.5, 0.6) is 0 Å². The van der Waals surface area contributed by atoms with Crippen molar-refractivity contribution in [3.05, 3.63) is 47.7 Å². The molecule has 21 heavy (non-hydrogen) atoms. The summed E-state index contributed by atoms with van der Waals surface area (Å²) in [5.41, 5.74) is 2.37.